The van der Waals surface area contributed by atoms with Crippen molar-refractivity contribution >= 4 is 6.09 Å². The topological polar surface area (TPSA) is 40.4 Å². The van der Waals surface area contributed by atoms with Gasteiger partial charge in [-0.1, -0.05) is 25.8 Å². The molecule has 0 saturated carbocycles. The Morgan fingerprint density at radius 1 is 1.58 bits per heavy atom. The molecule has 1 amide bonds. The van der Waals surface area contributed by atoms with E-state index in [4.69, 9.17) is 4.74 Å². The van der Waals surface area contributed by atoms with Crippen LogP contribution in [0.4, 0.5) is 4.79 Å². The van der Waals surface area contributed by atoms with Crippen LogP contribution in [0.5, 0.6) is 0 Å². The molecule has 0 rings (SSSR count). The summed E-state index contributed by atoms with van der Waals surface area (Å²) in [7, 11) is 0. The van der Waals surface area contributed by atoms with E-state index in [1.165, 1.54) is 0 Å². The van der Waals surface area contributed by atoms with E-state index < -0.39 is 6.09 Å². The molecule has 0 aliphatic heterocycles. The Morgan fingerprint density at radius 3 is 2.92 bits per heavy atom. The summed E-state index contributed by atoms with van der Waals surface area (Å²) in [5, 5.41) is 3.56. The van der Waals surface area contributed by atoms with Crippen LogP contribution in [0.2, 0.25) is 0 Å². The summed E-state index contributed by atoms with van der Waals surface area (Å²) < 4.78 is 4.79. The highest BCUT2D eigenvalue weighted by atomic mass is 16.5. The number of unbranched alkanes of at least 4 members (excludes halogenated alkanes) is 2. The fourth-order valence-electron chi connectivity index (χ4n) is 0.696. The number of carbonyl (C=O) groups is 1. The smallest absolute Gasteiger partial charge is 0.429 e. The first-order chi connectivity index (χ1) is 5.81. The Hall–Kier alpha value is -0.990. The number of rotatable bonds is 6. The molecule has 0 atom stereocenters. The molecule has 3 heteroatoms. The van der Waals surface area contributed by atoms with Gasteiger partial charge in [-0.2, -0.15) is 0 Å². The maximum absolute atomic E-state index is 10.7. The molecule has 0 aromatic heterocycles. The Morgan fingerprint density at radius 2 is 2.33 bits per heavy atom. The summed E-state index contributed by atoms with van der Waals surface area (Å²) in [5.41, 5.74) is 0. The van der Waals surface area contributed by atoms with Gasteiger partial charge >= 0.3 is 6.09 Å². The normalized spacial score (nSPS) is 9.08. The molecule has 0 aliphatic rings. The molecule has 0 spiro atoms. The van der Waals surface area contributed by atoms with Gasteiger partial charge in [-0.15, -0.1) is 6.58 Å². The number of hydrogen-bond acceptors (Lipinski definition) is 2. The zero-order valence-corrected chi connectivity index (χ0v) is 7.58. The van der Waals surface area contributed by atoms with Crippen molar-refractivity contribution in [1.82, 2.24) is 5.32 Å². The van der Waals surface area contributed by atoms with E-state index in [2.05, 4.69) is 18.8 Å². The predicted octanol–water partition coefficient (Wildman–Crippen LogP) is 2.10. The predicted molar refractivity (Wildman–Crippen MR) is 48.1 cm³/mol. The van der Waals surface area contributed by atoms with Crippen LogP contribution in [0.15, 0.2) is 12.7 Å². The lowest BCUT2D eigenvalue weighted by Crippen LogP contribution is -2.17. The lowest BCUT2D eigenvalue weighted by molar-refractivity contribution is 0.144. The first-order valence-electron chi connectivity index (χ1n) is 4.26. The third kappa shape index (κ3) is 7.12. The van der Waals surface area contributed by atoms with E-state index >= 15 is 0 Å². The summed E-state index contributed by atoms with van der Waals surface area (Å²) in [5.74, 6) is 0. The zero-order chi connectivity index (χ0) is 9.23. The highest BCUT2D eigenvalue weighted by Crippen LogP contribution is 1.94. The maximum Gasteiger partial charge on any atom is 0.429 e. The fourth-order valence-corrected chi connectivity index (χ4v) is 0.696. The minimum absolute atomic E-state index is 0.340. The van der Waals surface area contributed by atoms with E-state index in [9.17, 15) is 4.79 Å². The van der Waals surface area contributed by atoms with Crippen LogP contribution in [-0.2, 0) is 4.74 Å². The van der Waals surface area contributed by atoms with Gasteiger partial charge in [-0.25, -0.2) is 10.1 Å². The van der Waals surface area contributed by atoms with Gasteiger partial charge in [0.1, 0.15) is 0 Å². The molecular weight excluding hydrogens is 154 g/mol. The van der Waals surface area contributed by atoms with Crippen LogP contribution in [0.1, 0.15) is 26.2 Å². The van der Waals surface area contributed by atoms with Crippen LogP contribution in [0.3, 0.4) is 0 Å². The molecule has 1 radical (unpaired) electrons. The first kappa shape index (κ1) is 11.0. The molecule has 0 aromatic rings. The van der Waals surface area contributed by atoms with Crippen molar-refractivity contribution in [3.8, 4) is 0 Å². The summed E-state index contributed by atoms with van der Waals surface area (Å²) in [6.07, 6.45) is 4.22. The molecule has 0 aliphatic carbocycles. The highest BCUT2D eigenvalue weighted by Gasteiger charge is 1.99. The largest absolute Gasteiger partial charge is 0.448 e. The summed E-state index contributed by atoms with van der Waals surface area (Å²) in [6, 6.07) is 0. The van der Waals surface area contributed by atoms with E-state index in [0.29, 0.717) is 13.2 Å². The quantitative estimate of drug-likeness (QED) is 0.452. The van der Waals surface area contributed by atoms with Crippen molar-refractivity contribution in [3.05, 3.63) is 12.7 Å². The molecule has 0 heterocycles. The number of hydrogen-bond donors (Lipinski definition) is 0. The molecule has 0 unspecified atom stereocenters. The van der Waals surface area contributed by atoms with Gasteiger partial charge in [0.05, 0.1) is 13.2 Å². The Labute approximate surface area is 73.8 Å². The van der Waals surface area contributed by atoms with Crippen LogP contribution < -0.4 is 5.32 Å². The molecule has 69 valence electrons. The van der Waals surface area contributed by atoms with Crippen LogP contribution in [0.25, 0.3) is 0 Å². The van der Waals surface area contributed by atoms with Gasteiger partial charge in [0.25, 0.3) is 0 Å². The molecule has 0 saturated heterocycles. The van der Waals surface area contributed by atoms with E-state index in [0.717, 1.165) is 19.3 Å². The van der Waals surface area contributed by atoms with Gasteiger partial charge in [-0.05, 0) is 6.42 Å². The molecule has 3 nitrogen and oxygen atoms in total. The minimum atomic E-state index is -0.481. The van der Waals surface area contributed by atoms with Gasteiger partial charge in [0.2, 0.25) is 0 Å². The van der Waals surface area contributed by atoms with Crippen molar-refractivity contribution in [2.24, 2.45) is 0 Å². The van der Waals surface area contributed by atoms with E-state index in [1.807, 2.05) is 0 Å². The third-order valence-corrected chi connectivity index (χ3v) is 1.32. The summed E-state index contributed by atoms with van der Waals surface area (Å²) in [4.78, 5) is 10.7. The lowest BCUT2D eigenvalue weighted by Gasteiger charge is -2.01. The van der Waals surface area contributed by atoms with Crippen molar-refractivity contribution in [2.45, 2.75) is 26.2 Å². The second-order valence-corrected chi connectivity index (χ2v) is 2.45. The average molecular weight is 170 g/mol. The fraction of sp³-hybridized carbons (Fsp3) is 0.667. The van der Waals surface area contributed by atoms with Crippen LogP contribution in [0, 0.1) is 0 Å². The van der Waals surface area contributed by atoms with Crippen molar-refractivity contribution in [2.75, 3.05) is 13.2 Å². The summed E-state index contributed by atoms with van der Waals surface area (Å²) >= 11 is 0. The second-order valence-electron chi connectivity index (χ2n) is 2.45. The Kier molecular flexibility index (Phi) is 7.44. The third-order valence-electron chi connectivity index (χ3n) is 1.32. The number of ether oxygens (including phenoxy) is 1. The monoisotopic (exact) mass is 170 g/mol. The molecule has 0 aromatic carbocycles. The van der Waals surface area contributed by atoms with Crippen molar-refractivity contribution < 1.29 is 9.53 Å². The Balaban J connectivity index is 3.13. The van der Waals surface area contributed by atoms with Crippen molar-refractivity contribution in [1.29, 1.82) is 0 Å². The van der Waals surface area contributed by atoms with Crippen molar-refractivity contribution in [3.63, 3.8) is 0 Å². The SMILES string of the molecule is C=CC[N]C(=O)OCCCCC. The number of nitrogens with zero attached hydrogens (tertiary/aromatic N) is 1. The number of amides is 1. The van der Waals surface area contributed by atoms with Crippen LogP contribution >= 0.6 is 0 Å². The standard InChI is InChI=1S/C9H16NO2/c1-3-5-6-8-12-9(11)10-7-4-2/h4H,2-3,5-8H2,1H3. The van der Waals surface area contributed by atoms with E-state index in [1.54, 1.807) is 6.08 Å². The molecular formula is C9H16NO2. The minimum Gasteiger partial charge on any atom is -0.448 e. The van der Waals surface area contributed by atoms with E-state index in [-0.39, 0.29) is 0 Å². The van der Waals surface area contributed by atoms with Crippen LogP contribution in [-0.4, -0.2) is 19.2 Å². The number of carbonyl (C=O) groups excluding carboxylic acids is 1. The molecule has 0 bridgehead atoms. The van der Waals surface area contributed by atoms with Gasteiger partial charge in [0.15, 0.2) is 0 Å². The molecule has 0 fully saturated rings. The first-order valence-corrected chi connectivity index (χ1v) is 4.26. The van der Waals surface area contributed by atoms with Gasteiger partial charge < -0.3 is 4.74 Å². The van der Waals surface area contributed by atoms with Gasteiger partial charge in [0, 0.05) is 0 Å². The lowest BCUT2D eigenvalue weighted by atomic mass is 10.3. The highest BCUT2D eigenvalue weighted by molar-refractivity contribution is 5.66. The summed E-state index contributed by atoms with van der Waals surface area (Å²) in [6.45, 7) is 6.36. The van der Waals surface area contributed by atoms with Gasteiger partial charge in [-0.3, -0.25) is 0 Å². The Bertz CT molecular complexity index is 134. The molecule has 0 N–H and O–H groups in total. The second kappa shape index (κ2) is 8.11. The zero-order valence-electron chi connectivity index (χ0n) is 7.58. The molecule has 12 heavy (non-hydrogen) atoms. The maximum atomic E-state index is 10.7. The average Bonchev–Trinajstić information content (AvgIpc) is 2.09.